The molecule has 0 bridgehead atoms. The van der Waals surface area contributed by atoms with E-state index in [1.165, 1.54) is 0 Å². The van der Waals surface area contributed by atoms with Gasteiger partial charge in [0.05, 0.1) is 4.92 Å². The topological polar surface area (TPSA) is 64.4 Å². The quantitative estimate of drug-likeness (QED) is 0.349. The van der Waals surface area contributed by atoms with Crippen LogP contribution in [0.5, 0.6) is 0 Å². The molecule has 0 aromatic heterocycles. The highest BCUT2D eigenvalue weighted by Crippen LogP contribution is 2.39. The van der Waals surface area contributed by atoms with E-state index in [1.54, 1.807) is 18.2 Å². The van der Waals surface area contributed by atoms with Crippen LogP contribution in [-0.2, 0) is 4.43 Å². The molecule has 0 heterocycles. The van der Waals surface area contributed by atoms with Crippen molar-refractivity contribution in [2.75, 3.05) is 5.32 Å². The van der Waals surface area contributed by atoms with E-state index in [0.717, 1.165) is 30.2 Å². The van der Waals surface area contributed by atoms with E-state index in [0.29, 0.717) is 11.8 Å². The molecule has 2 rings (SSSR count). The highest BCUT2D eigenvalue weighted by atomic mass is 79.9. The highest BCUT2D eigenvalue weighted by Gasteiger charge is 2.39. The number of hydrogen-bond acceptors (Lipinski definition) is 4. The first-order valence-electron chi connectivity index (χ1n) is 8.88. The van der Waals surface area contributed by atoms with E-state index >= 15 is 0 Å². The van der Waals surface area contributed by atoms with Gasteiger partial charge in [0.2, 0.25) is 0 Å². The van der Waals surface area contributed by atoms with Gasteiger partial charge in [0.25, 0.3) is 5.69 Å². The molecular formula is C18H29BrN2O3Si. The van der Waals surface area contributed by atoms with Crippen LogP contribution in [-0.4, -0.2) is 25.4 Å². The molecule has 140 valence electrons. The number of nitrogens with one attached hydrogen (secondary N) is 1. The Morgan fingerprint density at radius 3 is 2.36 bits per heavy atom. The van der Waals surface area contributed by atoms with Crippen LogP contribution >= 0.6 is 15.9 Å². The molecule has 0 atom stereocenters. The number of nitro groups is 1. The van der Waals surface area contributed by atoms with Crippen molar-refractivity contribution in [1.29, 1.82) is 0 Å². The van der Waals surface area contributed by atoms with Crippen molar-refractivity contribution in [2.24, 2.45) is 0 Å². The summed E-state index contributed by atoms with van der Waals surface area (Å²) in [5.74, 6) is 0. The fourth-order valence-corrected chi connectivity index (χ4v) is 4.71. The second-order valence-electron chi connectivity index (χ2n) is 8.41. The lowest BCUT2D eigenvalue weighted by Gasteiger charge is -2.41. The SMILES string of the molecule is CC(C)(C)[Si](C)(C)OC1CCC(Nc2cc(Br)ccc2[N+](=O)[O-])CC1. The predicted octanol–water partition coefficient (Wildman–Crippen LogP) is 6.10. The molecule has 0 saturated heterocycles. The van der Waals surface area contributed by atoms with Gasteiger partial charge in [-0.1, -0.05) is 36.7 Å². The average Bonchev–Trinajstić information content (AvgIpc) is 2.47. The Balaban J connectivity index is 1.96. The van der Waals surface area contributed by atoms with Crippen molar-refractivity contribution >= 4 is 35.6 Å². The highest BCUT2D eigenvalue weighted by molar-refractivity contribution is 9.10. The number of rotatable bonds is 5. The van der Waals surface area contributed by atoms with Gasteiger partial charge in [-0.2, -0.15) is 0 Å². The predicted molar refractivity (Wildman–Crippen MR) is 109 cm³/mol. The zero-order chi connectivity index (χ0) is 18.8. The minimum Gasteiger partial charge on any atom is -0.414 e. The van der Waals surface area contributed by atoms with Crippen LogP contribution < -0.4 is 5.32 Å². The maximum absolute atomic E-state index is 11.2. The molecule has 5 nitrogen and oxygen atoms in total. The zero-order valence-electron chi connectivity index (χ0n) is 15.8. The zero-order valence-corrected chi connectivity index (χ0v) is 18.4. The Morgan fingerprint density at radius 2 is 1.84 bits per heavy atom. The Labute approximate surface area is 159 Å². The first kappa shape index (κ1) is 20.4. The number of anilines is 1. The number of nitro benzene ring substituents is 1. The molecule has 0 amide bonds. The number of nitrogens with zero attached hydrogens (tertiary/aromatic N) is 1. The second kappa shape index (κ2) is 7.76. The maximum Gasteiger partial charge on any atom is 0.292 e. The number of benzene rings is 1. The van der Waals surface area contributed by atoms with Crippen molar-refractivity contribution in [1.82, 2.24) is 0 Å². The van der Waals surface area contributed by atoms with Gasteiger partial charge < -0.3 is 9.74 Å². The van der Waals surface area contributed by atoms with Crippen LogP contribution in [0.25, 0.3) is 0 Å². The number of halogens is 1. The van der Waals surface area contributed by atoms with Gasteiger partial charge in [0, 0.05) is 22.7 Å². The van der Waals surface area contributed by atoms with E-state index in [4.69, 9.17) is 4.43 Å². The number of hydrogen-bond donors (Lipinski definition) is 1. The molecule has 1 aliphatic rings. The third kappa shape index (κ3) is 5.28. The van der Waals surface area contributed by atoms with Gasteiger partial charge >= 0.3 is 0 Å². The van der Waals surface area contributed by atoms with Crippen LogP contribution in [0.4, 0.5) is 11.4 Å². The van der Waals surface area contributed by atoms with Gasteiger partial charge in [-0.05, 0) is 55.9 Å². The fourth-order valence-electron chi connectivity index (χ4n) is 2.92. The monoisotopic (exact) mass is 428 g/mol. The molecule has 1 aliphatic carbocycles. The molecule has 0 unspecified atom stereocenters. The van der Waals surface area contributed by atoms with Crippen molar-refractivity contribution in [3.63, 3.8) is 0 Å². The molecule has 0 radical (unpaired) electrons. The third-order valence-corrected chi connectivity index (χ3v) is 10.5. The summed E-state index contributed by atoms with van der Waals surface area (Å²) in [4.78, 5) is 10.9. The summed E-state index contributed by atoms with van der Waals surface area (Å²) >= 11 is 3.39. The Bertz CT molecular complexity index is 623. The summed E-state index contributed by atoms with van der Waals surface area (Å²) in [7, 11) is -1.74. The third-order valence-electron chi connectivity index (χ3n) is 5.46. The minimum absolute atomic E-state index is 0.128. The second-order valence-corrected chi connectivity index (χ2v) is 14.1. The molecule has 25 heavy (non-hydrogen) atoms. The van der Waals surface area contributed by atoms with Crippen LogP contribution in [0.2, 0.25) is 18.1 Å². The van der Waals surface area contributed by atoms with E-state index in [9.17, 15) is 10.1 Å². The summed E-state index contributed by atoms with van der Waals surface area (Å²) in [5.41, 5.74) is 0.719. The Hall–Kier alpha value is -0.923. The smallest absolute Gasteiger partial charge is 0.292 e. The lowest BCUT2D eigenvalue weighted by molar-refractivity contribution is -0.384. The molecule has 1 fully saturated rings. The molecule has 1 aromatic carbocycles. The minimum atomic E-state index is -1.74. The molecule has 1 saturated carbocycles. The summed E-state index contributed by atoms with van der Waals surface area (Å²) < 4.78 is 7.36. The summed E-state index contributed by atoms with van der Waals surface area (Å²) in [6.45, 7) is 11.4. The maximum atomic E-state index is 11.2. The molecule has 1 aromatic rings. The average molecular weight is 429 g/mol. The van der Waals surface area contributed by atoms with E-state index < -0.39 is 8.32 Å². The lowest BCUT2D eigenvalue weighted by Crippen LogP contribution is -2.45. The normalized spacial score (nSPS) is 21.8. The van der Waals surface area contributed by atoms with E-state index in [1.807, 2.05) is 0 Å². The van der Waals surface area contributed by atoms with E-state index in [-0.39, 0.29) is 21.7 Å². The first-order valence-corrected chi connectivity index (χ1v) is 12.6. The van der Waals surface area contributed by atoms with Crippen molar-refractivity contribution in [3.8, 4) is 0 Å². The van der Waals surface area contributed by atoms with Crippen molar-refractivity contribution in [3.05, 3.63) is 32.8 Å². The van der Waals surface area contributed by atoms with Gasteiger partial charge in [-0.25, -0.2) is 0 Å². The lowest BCUT2D eigenvalue weighted by atomic mass is 9.93. The molecule has 7 heteroatoms. The van der Waals surface area contributed by atoms with Crippen LogP contribution in [0, 0.1) is 10.1 Å². The van der Waals surface area contributed by atoms with Gasteiger partial charge in [0.1, 0.15) is 5.69 Å². The van der Waals surface area contributed by atoms with Gasteiger partial charge in [-0.15, -0.1) is 0 Å². The van der Waals surface area contributed by atoms with Crippen molar-refractivity contribution < 1.29 is 9.35 Å². The van der Waals surface area contributed by atoms with Gasteiger partial charge in [0.15, 0.2) is 8.32 Å². The summed E-state index contributed by atoms with van der Waals surface area (Å²) in [5, 5.41) is 14.8. The van der Waals surface area contributed by atoms with Crippen LogP contribution in [0.1, 0.15) is 46.5 Å². The Kier molecular flexibility index (Phi) is 6.33. The summed E-state index contributed by atoms with van der Waals surface area (Å²) in [6, 6.07) is 5.29. The Morgan fingerprint density at radius 1 is 1.24 bits per heavy atom. The van der Waals surface area contributed by atoms with Crippen molar-refractivity contribution in [2.45, 2.75) is 76.7 Å². The van der Waals surface area contributed by atoms with E-state index in [2.05, 4.69) is 55.1 Å². The first-order chi connectivity index (χ1) is 11.5. The molecule has 1 N–H and O–H groups in total. The van der Waals surface area contributed by atoms with Crippen LogP contribution in [0.15, 0.2) is 22.7 Å². The molecule has 0 aliphatic heterocycles. The molecular weight excluding hydrogens is 400 g/mol. The van der Waals surface area contributed by atoms with Crippen LogP contribution in [0.3, 0.4) is 0 Å². The standard InChI is InChI=1S/C18H29BrN2O3Si/c1-18(2,3)25(4,5)24-15-9-7-14(8-10-15)20-16-12-13(19)6-11-17(16)21(22)23/h6,11-12,14-15,20H,7-10H2,1-5H3. The summed E-state index contributed by atoms with van der Waals surface area (Å²) in [6.07, 6.45) is 4.28. The largest absolute Gasteiger partial charge is 0.414 e. The van der Waals surface area contributed by atoms with Gasteiger partial charge in [-0.3, -0.25) is 10.1 Å². The molecule has 0 spiro atoms. The fraction of sp³-hybridized carbons (Fsp3) is 0.667.